The molecule has 0 atom stereocenters. The second kappa shape index (κ2) is 17.2. The number of rotatable bonds is 6. The number of nitrogens with zero attached hydrogens (tertiary/aromatic N) is 3. The molecule has 293 valence electrons. The molecule has 1 radical (unpaired) electrons. The average Bonchev–Trinajstić information content (AvgIpc) is 3.91. The third-order valence-corrected chi connectivity index (χ3v) is 11.0. The molecule has 0 unspecified atom stereocenters. The van der Waals surface area contributed by atoms with Gasteiger partial charge in [-0.3, -0.25) is 0 Å². The van der Waals surface area contributed by atoms with Crippen LogP contribution in [0, 0.1) is 34.4 Å². The zero-order valence-corrected chi connectivity index (χ0v) is 35.9. The van der Waals surface area contributed by atoms with Crippen molar-refractivity contribution in [3.8, 4) is 44.5 Å². The summed E-state index contributed by atoms with van der Waals surface area (Å²) in [6.45, 7) is 10.8. The normalized spacial score (nSPS) is 12.1. The molecule has 0 saturated carbocycles. The Bertz CT molecular complexity index is 2590. The molecule has 1 aliphatic rings. The largest absolute Gasteiger partial charge is 0.656 e. The minimum atomic E-state index is 0. The molecule has 2 heterocycles. The van der Waals surface area contributed by atoms with Crippen molar-refractivity contribution in [2.45, 2.75) is 27.7 Å². The summed E-state index contributed by atoms with van der Waals surface area (Å²) in [4.78, 5) is 9.33. The van der Waals surface area contributed by atoms with E-state index in [0.29, 0.717) is 0 Å². The minimum Gasteiger partial charge on any atom is -0.656 e. The number of fused-ring (bicyclic) bond motifs is 3. The number of hydrogen-bond acceptors (Lipinski definition) is 2. The molecular weight excluding hydrogens is 900 g/mol. The fourth-order valence-corrected chi connectivity index (χ4v) is 8.40. The van der Waals surface area contributed by atoms with Crippen LogP contribution in [0.5, 0.6) is 0 Å². The van der Waals surface area contributed by atoms with Crippen molar-refractivity contribution in [2.75, 3.05) is 9.80 Å². The Hall–Kier alpha value is -6.36. The number of benzene rings is 8. The first-order valence-electron chi connectivity index (χ1n) is 20.0. The van der Waals surface area contributed by atoms with Crippen LogP contribution in [0.4, 0.5) is 11.4 Å². The Morgan fingerprint density at radius 3 is 0.983 bits per heavy atom. The smallest absolute Gasteiger partial charge is 0.0284 e. The van der Waals surface area contributed by atoms with Crippen molar-refractivity contribution in [3.05, 3.63) is 223 Å². The van der Waals surface area contributed by atoms with Crippen LogP contribution in [0.15, 0.2) is 194 Å². The predicted octanol–water partition coefficient (Wildman–Crippen LogP) is 14.5. The molecule has 3 nitrogen and oxygen atoms in total. The number of aryl methyl sites for hydroxylation is 4. The standard InChI is InChI=1S/C39H29N2.C16H16N.Au/c1-5-15-30(16-6-1)34-23-13-24-35(31-17-7-2-8-18-31)38(34)40-27-28-41(29-40)39-36(32-19-9-3-10-20-32)25-14-26-37(39)33-21-11-4-12-22-33;1-9-5-11(3)15-13(7-9)14-8-10(2)6-12(4)16(14)17-15;/h1-29H;5-8H,1-4H3;/q2*-1;. The maximum absolute atomic E-state index is 4.80. The van der Waals surface area contributed by atoms with Gasteiger partial charge in [0.05, 0.1) is 0 Å². The first-order chi connectivity index (χ1) is 28.4. The zero-order valence-electron chi connectivity index (χ0n) is 33.7. The first-order valence-corrected chi connectivity index (χ1v) is 20.0. The van der Waals surface area contributed by atoms with E-state index in [0.717, 1.165) is 22.4 Å². The van der Waals surface area contributed by atoms with Gasteiger partial charge in [-0.05, 0) is 73.1 Å². The Balaban J connectivity index is 0.000000225. The number of aromatic nitrogens is 1. The van der Waals surface area contributed by atoms with E-state index in [1.807, 2.05) is 0 Å². The van der Waals surface area contributed by atoms with Gasteiger partial charge in [-0.2, -0.15) is 0 Å². The summed E-state index contributed by atoms with van der Waals surface area (Å²) in [5.74, 6) is 0. The summed E-state index contributed by atoms with van der Waals surface area (Å²) in [5.41, 5.74) is 19.3. The van der Waals surface area contributed by atoms with Gasteiger partial charge in [0, 0.05) is 56.0 Å². The molecular formula is C55H45AuN3-2. The van der Waals surface area contributed by atoms with Crippen LogP contribution in [0.3, 0.4) is 0 Å². The van der Waals surface area contributed by atoms with Gasteiger partial charge in [0.25, 0.3) is 0 Å². The fraction of sp³-hybridized carbons (Fsp3) is 0.0727. The van der Waals surface area contributed by atoms with Gasteiger partial charge < -0.3 is 14.8 Å². The van der Waals surface area contributed by atoms with E-state index >= 15 is 0 Å². The molecule has 9 aromatic rings. The second-order valence-electron chi connectivity index (χ2n) is 15.2. The van der Waals surface area contributed by atoms with Gasteiger partial charge in [-0.1, -0.05) is 204 Å². The molecule has 0 spiro atoms. The summed E-state index contributed by atoms with van der Waals surface area (Å²) in [7, 11) is 0. The number of para-hydroxylation sites is 2. The molecule has 0 aliphatic carbocycles. The molecule has 0 fully saturated rings. The molecule has 1 aliphatic heterocycles. The third-order valence-electron chi connectivity index (χ3n) is 11.0. The SMILES string of the molecule is C1=CN(c2c(-c3ccccc3)cccc2-c2ccccc2)[CH-]N1c1c(-c2ccccc2)cccc1-c1ccccc1.Cc1cc(C)c2[n-]c3c(C)cc(C)cc3c2c1.[Au]. The topological polar surface area (TPSA) is 20.6 Å². The molecule has 0 saturated heterocycles. The molecule has 10 rings (SSSR count). The summed E-state index contributed by atoms with van der Waals surface area (Å²) >= 11 is 0. The third kappa shape index (κ3) is 7.93. The van der Waals surface area contributed by atoms with Gasteiger partial charge in [0.15, 0.2) is 0 Å². The van der Waals surface area contributed by atoms with Crippen LogP contribution in [0.1, 0.15) is 22.3 Å². The van der Waals surface area contributed by atoms with E-state index in [-0.39, 0.29) is 22.4 Å². The molecule has 1 aromatic heterocycles. The summed E-state index contributed by atoms with van der Waals surface area (Å²) in [5, 5.41) is 2.59. The maximum Gasteiger partial charge on any atom is 0.0284 e. The van der Waals surface area contributed by atoms with E-state index in [2.05, 4.69) is 239 Å². The van der Waals surface area contributed by atoms with Crippen LogP contribution < -0.4 is 14.8 Å². The van der Waals surface area contributed by atoms with Crippen molar-refractivity contribution >= 4 is 33.2 Å². The average molecular weight is 945 g/mol. The molecule has 8 aromatic carbocycles. The Labute approximate surface area is 363 Å². The van der Waals surface area contributed by atoms with Crippen molar-refractivity contribution < 1.29 is 22.4 Å². The second-order valence-corrected chi connectivity index (χ2v) is 15.2. The van der Waals surface area contributed by atoms with Gasteiger partial charge in [0.2, 0.25) is 0 Å². The Morgan fingerprint density at radius 2 is 0.678 bits per heavy atom. The maximum atomic E-state index is 4.80. The van der Waals surface area contributed by atoms with Gasteiger partial charge in [0.1, 0.15) is 0 Å². The van der Waals surface area contributed by atoms with Crippen molar-refractivity contribution in [3.63, 3.8) is 0 Å². The minimum absolute atomic E-state index is 0. The van der Waals surface area contributed by atoms with Crippen molar-refractivity contribution in [2.24, 2.45) is 0 Å². The Morgan fingerprint density at radius 1 is 0.373 bits per heavy atom. The summed E-state index contributed by atoms with van der Waals surface area (Å²) in [6, 6.07) is 64.7. The van der Waals surface area contributed by atoms with Crippen LogP contribution in [0.2, 0.25) is 0 Å². The van der Waals surface area contributed by atoms with Gasteiger partial charge in [-0.25, -0.2) is 0 Å². The van der Waals surface area contributed by atoms with E-state index in [4.69, 9.17) is 4.98 Å². The summed E-state index contributed by atoms with van der Waals surface area (Å²) in [6.07, 6.45) is 4.34. The van der Waals surface area contributed by atoms with E-state index < -0.39 is 0 Å². The number of anilines is 2. The van der Waals surface area contributed by atoms with E-state index in [1.54, 1.807) is 0 Å². The monoisotopic (exact) mass is 944 g/mol. The fourth-order valence-electron chi connectivity index (χ4n) is 8.40. The van der Waals surface area contributed by atoms with Crippen LogP contribution in [0.25, 0.3) is 66.3 Å². The zero-order chi connectivity index (χ0) is 39.6. The molecule has 4 heteroatoms. The van der Waals surface area contributed by atoms with E-state index in [9.17, 15) is 0 Å². The molecule has 0 N–H and O–H groups in total. The summed E-state index contributed by atoms with van der Waals surface area (Å²) < 4.78 is 0. The van der Waals surface area contributed by atoms with Crippen LogP contribution in [-0.4, -0.2) is 0 Å². The van der Waals surface area contributed by atoms with E-state index in [1.165, 1.54) is 77.5 Å². The first kappa shape index (κ1) is 39.5. The predicted molar refractivity (Wildman–Crippen MR) is 247 cm³/mol. The van der Waals surface area contributed by atoms with Gasteiger partial charge in [-0.15, -0.1) is 17.7 Å². The molecule has 0 amide bonds. The van der Waals surface area contributed by atoms with Crippen LogP contribution in [-0.2, 0) is 22.4 Å². The van der Waals surface area contributed by atoms with Crippen molar-refractivity contribution in [1.29, 1.82) is 0 Å². The molecule has 59 heavy (non-hydrogen) atoms. The quantitative estimate of drug-likeness (QED) is 0.122. The number of hydrogen-bond donors (Lipinski definition) is 0. The van der Waals surface area contributed by atoms with Crippen LogP contribution >= 0.6 is 0 Å². The molecule has 0 bridgehead atoms. The Kier molecular flexibility index (Phi) is 11.5. The van der Waals surface area contributed by atoms with Crippen molar-refractivity contribution in [1.82, 2.24) is 4.98 Å². The van der Waals surface area contributed by atoms with Gasteiger partial charge >= 0.3 is 0 Å².